The van der Waals surface area contributed by atoms with Gasteiger partial charge in [-0.15, -0.1) is 5.10 Å². The highest BCUT2D eigenvalue weighted by atomic mass is 19.1. The first-order valence-corrected chi connectivity index (χ1v) is 7.14. The fraction of sp³-hybridized carbons (Fsp3) is 0.188. The van der Waals surface area contributed by atoms with Crippen molar-refractivity contribution in [1.82, 2.24) is 20.2 Å². The molecule has 0 saturated carbocycles. The summed E-state index contributed by atoms with van der Waals surface area (Å²) in [5, 5.41) is 14.7. The number of nitrogens with zero attached hydrogens (tertiary/aromatic N) is 4. The van der Waals surface area contributed by atoms with Gasteiger partial charge in [0.25, 0.3) is 0 Å². The van der Waals surface area contributed by atoms with E-state index >= 15 is 0 Å². The summed E-state index contributed by atoms with van der Waals surface area (Å²) in [5.74, 6) is 1.51. The lowest BCUT2D eigenvalue weighted by Gasteiger charge is -2.14. The van der Waals surface area contributed by atoms with E-state index in [1.165, 1.54) is 12.1 Å². The van der Waals surface area contributed by atoms with E-state index in [2.05, 4.69) is 20.8 Å². The van der Waals surface area contributed by atoms with Crippen LogP contribution in [0.1, 0.15) is 18.8 Å². The zero-order valence-corrected chi connectivity index (χ0v) is 12.8. The molecule has 1 N–H and O–H groups in total. The second-order valence-corrected chi connectivity index (χ2v) is 5.11. The molecular weight excluding hydrogens is 297 g/mol. The molecule has 6 nitrogen and oxygen atoms in total. The van der Waals surface area contributed by atoms with Gasteiger partial charge in [-0.05, 0) is 53.7 Å². The zero-order chi connectivity index (χ0) is 16.2. The lowest BCUT2D eigenvalue weighted by atomic mass is 10.2. The number of halogens is 1. The Morgan fingerprint density at radius 1 is 1.13 bits per heavy atom. The van der Waals surface area contributed by atoms with Crippen molar-refractivity contribution in [2.45, 2.75) is 13.0 Å². The molecule has 1 atom stereocenters. The minimum atomic E-state index is -0.327. The third kappa shape index (κ3) is 3.63. The summed E-state index contributed by atoms with van der Waals surface area (Å²) in [4.78, 5) is 0. The van der Waals surface area contributed by atoms with Crippen molar-refractivity contribution in [3.63, 3.8) is 0 Å². The number of tetrazole rings is 1. The molecule has 3 rings (SSSR count). The summed E-state index contributed by atoms with van der Waals surface area (Å²) in [5.41, 5.74) is 0.909. The highest BCUT2D eigenvalue weighted by Crippen LogP contribution is 2.24. The standard InChI is InChI=1S/C16H16FN5O/c1-11(16-19-20-21-22(16)2)18-13-6-8-14(9-7-13)23-15-5-3-4-12(17)10-15/h3-11,18H,1-2H3. The average molecular weight is 313 g/mol. The van der Waals surface area contributed by atoms with Crippen LogP contribution in [0.3, 0.4) is 0 Å². The smallest absolute Gasteiger partial charge is 0.173 e. The van der Waals surface area contributed by atoms with Gasteiger partial charge >= 0.3 is 0 Å². The van der Waals surface area contributed by atoms with Gasteiger partial charge in [0.2, 0.25) is 0 Å². The van der Waals surface area contributed by atoms with Crippen LogP contribution in [-0.4, -0.2) is 20.2 Å². The van der Waals surface area contributed by atoms with Gasteiger partial charge in [-0.2, -0.15) is 0 Å². The molecule has 0 aliphatic rings. The van der Waals surface area contributed by atoms with Crippen LogP contribution < -0.4 is 10.1 Å². The summed E-state index contributed by atoms with van der Waals surface area (Å²) >= 11 is 0. The lowest BCUT2D eigenvalue weighted by Crippen LogP contribution is -2.12. The van der Waals surface area contributed by atoms with Crippen molar-refractivity contribution in [3.05, 3.63) is 60.2 Å². The second-order valence-electron chi connectivity index (χ2n) is 5.11. The number of aryl methyl sites for hydroxylation is 1. The SMILES string of the molecule is CC(Nc1ccc(Oc2cccc(F)c2)cc1)c1nnnn1C. The van der Waals surface area contributed by atoms with Crippen LogP contribution in [0.2, 0.25) is 0 Å². The van der Waals surface area contributed by atoms with Crippen LogP contribution in [0, 0.1) is 5.82 Å². The van der Waals surface area contributed by atoms with E-state index in [1.54, 1.807) is 23.9 Å². The van der Waals surface area contributed by atoms with Gasteiger partial charge in [-0.25, -0.2) is 9.07 Å². The maximum Gasteiger partial charge on any atom is 0.173 e. The van der Waals surface area contributed by atoms with Crippen LogP contribution in [-0.2, 0) is 7.05 Å². The molecule has 1 heterocycles. The predicted octanol–water partition coefficient (Wildman–Crippen LogP) is 3.31. The summed E-state index contributed by atoms with van der Waals surface area (Å²) < 4.78 is 20.4. The molecule has 2 aromatic carbocycles. The molecule has 1 unspecified atom stereocenters. The molecule has 7 heteroatoms. The first-order valence-electron chi connectivity index (χ1n) is 7.14. The van der Waals surface area contributed by atoms with Gasteiger partial charge in [0, 0.05) is 18.8 Å². The van der Waals surface area contributed by atoms with E-state index < -0.39 is 0 Å². The van der Waals surface area contributed by atoms with Crippen molar-refractivity contribution in [2.24, 2.45) is 7.05 Å². The Morgan fingerprint density at radius 3 is 2.57 bits per heavy atom. The van der Waals surface area contributed by atoms with E-state index in [0.29, 0.717) is 11.5 Å². The number of ether oxygens (including phenoxy) is 1. The Labute approximate surface area is 132 Å². The number of aromatic nitrogens is 4. The van der Waals surface area contributed by atoms with Gasteiger partial charge in [-0.3, -0.25) is 0 Å². The second kappa shape index (κ2) is 6.43. The van der Waals surface area contributed by atoms with Gasteiger partial charge in [0.05, 0.1) is 6.04 Å². The molecule has 0 aliphatic heterocycles. The Kier molecular flexibility index (Phi) is 4.18. The minimum Gasteiger partial charge on any atom is -0.457 e. The summed E-state index contributed by atoms with van der Waals surface area (Å²) in [7, 11) is 1.80. The molecule has 0 amide bonds. The number of hydrogen-bond acceptors (Lipinski definition) is 5. The highest BCUT2D eigenvalue weighted by Gasteiger charge is 2.12. The van der Waals surface area contributed by atoms with Gasteiger partial charge in [0.15, 0.2) is 5.82 Å². The van der Waals surface area contributed by atoms with Crippen molar-refractivity contribution >= 4 is 5.69 Å². The van der Waals surface area contributed by atoms with Gasteiger partial charge in [0.1, 0.15) is 17.3 Å². The summed E-state index contributed by atoms with van der Waals surface area (Å²) in [6, 6.07) is 13.4. The van der Waals surface area contributed by atoms with E-state index in [-0.39, 0.29) is 11.9 Å². The molecule has 118 valence electrons. The van der Waals surface area contributed by atoms with Crippen molar-refractivity contribution in [3.8, 4) is 11.5 Å². The molecule has 0 saturated heterocycles. The normalized spacial score (nSPS) is 12.0. The van der Waals surface area contributed by atoms with E-state index in [9.17, 15) is 4.39 Å². The van der Waals surface area contributed by atoms with Gasteiger partial charge < -0.3 is 10.1 Å². The highest BCUT2D eigenvalue weighted by molar-refractivity contribution is 5.48. The summed E-state index contributed by atoms with van der Waals surface area (Å²) in [6.07, 6.45) is 0. The van der Waals surface area contributed by atoms with E-state index in [0.717, 1.165) is 11.5 Å². The molecular formula is C16H16FN5O. The number of anilines is 1. The molecule has 0 aliphatic carbocycles. The van der Waals surface area contributed by atoms with Crippen LogP contribution in [0.15, 0.2) is 48.5 Å². The molecule has 0 spiro atoms. The van der Waals surface area contributed by atoms with Crippen LogP contribution in [0.25, 0.3) is 0 Å². The first kappa shape index (κ1) is 15.0. The Morgan fingerprint density at radius 2 is 1.91 bits per heavy atom. The minimum absolute atomic E-state index is 0.0370. The van der Waals surface area contributed by atoms with Crippen LogP contribution in [0.5, 0.6) is 11.5 Å². The molecule has 1 aromatic heterocycles. The Balaban J connectivity index is 1.66. The fourth-order valence-electron chi connectivity index (χ4n) is 2.20. The molecule has 0 radical (unpaired) electrons. The molecule has 0 fully saturated rings. The van der Waals surface area contributed by atoms with Crippen molar-refractivity contribution in [2.75, 3.05) is 5.32 Å². The quantitative estimate of drug-likeness (QED) is 0.783. The van der Waals surface area contributed by atoms with Crippen LogP contribution >= 0.6 is 0 Å². The molecule has 0 bridgehead atoms. The van der Waals surface area contributed by atoms with Gasteiger partial charge in [-0.1, -0.05) is 6.07 Å². The van der Waals surface area contributed by atoms with E-state index in [1.807, 2.05) is 31.2 Å². The number of nitrogens with one attached hydrogen (secondary N) is 1. The van der Waals surface area contributed by atoms with Crippen molar-refractivity contribution in [1.29, 1.82) is 0 Å². The largest absolute Gasteiger partial charge is 0.457 e. The number of benzene rings is 2. The molecule has 3 aromatic rings. The topological polar surface area (TPSA) is 64.9 Å². The summed E-state index contributed by atoms with van der Waals surface area (Å²) in [6.45, 7) is 1.98. The third-order valence-corrected chi connectivity index (χ3v) is 3.31. The third-order valence-electron chi connectivity index (χ3n) is 3.31. The molecule has 23 heavy (non-hydrogen) atoms. The first-order chi connectivity index (χ1) is 11.1. The maximum atomic E-state index is 13.1. The average Bonchev–Trinajstić information content (AvgIpc) is 2.95. The van der Waals surface area contributed by atoms with Crippen molar-refractivity contribution < 1.29 is 9.13 Å². The van der Waals surface area contributed by atoms with Crippen LogP contribution in [0.4, 0.5) is 10.1 Å². The Bertz CT molecular complexity index is 787. The predicted molar refractivity (Wildman–Crippen MR) is 83.8 cm³/mol. The number of hydrogen-bond donors (Lipinski definition) is 1. The fourth-order valence-corrected chi connectivity index (χ4v) is 2.20. The monoisotopic (exact) mass is 313 g/mol. The maximum absolute atomic E-state index is 13.1. The lowest BCUT2D eigenvalue weighted by molar-refractivity contribution is 0.477. The zero-order valence-electron chi connectivity index (χ0n) is 12.8. The Hall–Kier alpha value is -2.96. The number of rotatable bonds is 5. The van der Waals surface area contributed by atoms with E-state index in [4.69, 9.17) is 4.74 Å².